The van der Waals surface area contributed by atoms with Crippen LogP contribution in [0.25, 0.3) is 6.08 Å². The van der Waals surface area contributed by atoms with Gasteiger partial charge in [-0.05, 0) is 59.7 Å². The molecular weight excluding hydrogens is 506 g/mol. The molecule has 0 aliphatic carbocycles. The van der Waals surface area contributed by atoms with Crippen LogP contribution in [0.2, 0.25) is 0 Å². The Labute approximate surface area is 207 Å². The van der Waals surface area contributed by atoms with Gasteiger partial charge in [0.25, 0.3) is 0 Å². The van der Waals surface area contributed by atoms with Crippen LogP contribution in [0.15, 0.2) is 66.7 Å². The van der Waals surface area contributed by atoms with Crippen LogP contribution in [0.4, 0.5) is 37.7 Å². The second-order valence-electron chi connectivity index (χ2n) is 7.69. The summed E-state index contributed by atoms with van der Waals surface area (Å²) in [5, 5.41) is 0. The predicted octanol–water partition coefficient (Wildman–Crippen LogP) is 5.82. The number of carbonyl (C=O) groups is 1. The Morgan fingerprint density at radius 3 is 2.14 bits per heavy atom. The van der Waals surface area contributed by atoms with Gasteiger partial charge in [0, 0.05) is 23.5 Å². The third-order valence-electron chi connectivity index (χ3n) is 4.62. The number of rotatable bonds is 9. The number of nitrogens with two attached hydrogens (primary N) is 2. The summed E-state index contributed by atoms with van der Waals surface area (Å²) in [6.45, 7) is -1.74. The summed E-state index contributed by atoms with van der Waals surface area (Å²) in [6, 6.07) is 11.4. The van der Waals surface area contributed by atoms with E-state index in [4.69, 9.17) is 16.2 Å². The van der Waals surface area contributed by atoms with E-state index in [9.17, 15) is 31.1 Å². The maximum Gasteiger partial charge on any atom is 0.426 e. The minimum absolute atomic E-state index is 0.0765. The van der Waals surface area contributed by atoms with Gasteiger partial charge in [-0.15, -0.1) is 0 Å². The summed E-state index contributed by atoms with van der Waals surface area (Å²) in [5.41, 5.74) is 12.5. The fourth-order valence-corrected chi connectivity index (χ4v) is 3.00. The van der Waals surface area contributed by atoms with Crippen molar-refractivity contribution < 1.29 is 45.3 Å². The van der Waals surface area contributed by atoms with Crippen molar-refractivity contribution in [2.24, 2.45) is 0 Å². The Morgan fingerprint density at radius 1 is 0.892 bits per heavy atom. The lowest BCUT2D eigenvalue weighted by molar-refractivity contribution is -0.187. The number of benzene rings is 3. The van der Waals surface area contributed by atoms with Crippen LogP contribution in [0.5, 0.6) is 11.5 Å². The molecule has 3 aromatic rings. The Balaban J connectivity index is 1.58. The minimum atomic E-state index is -4.65. The van der Waals surface area contributed by atoms with Gasteiger partial charge < -0.3 is 25.7 Å². The van der Waals surface area contributed by atoms with E-state index in [0.717, 1.165) is 30.3 Å². The maximum atomic E-state index is 14.5. The van der Waals surface area contributed by atoms with E-state index in [2.05, 4.69) is 9.47 Å². The molecule has 0 spiro atoms. The molecule has 0 aromatic heterocycles. The van der Waals surface area contributed by atoms with Crippen molar-refractivity contribution in [2.45, 2.75) is 18.9 Å². The van der Waals surface area contributed by atoms with Gasteiger partial charge in [0.15, 0.2) is 18.2 Å². The van der Waals surface area contributed by atoms with Gasteiger partial charge in [-0.25, -0.2) is 9.18 Å². The molecule has 3 aromatic carbocycles. The number of alkyl halides is 5. The largest absolute Gasteiger partial charge is 0.484 e. The Kier molecular flexibility index (Phi) is 8.21. The average molecular weight is 526 g/mol. The molecule has 0 amide bonds. The molecule has 0 atom stereocenters. The highest BCUT2D eigenvalue weighted by atomic mass is 19.4. The van der Waals surface area contributed by atoms with E-state index in [1.807, 2.05) is 0 Å². The molecule has 0 aliphatic heterocycles. The van der Waals surface area contributed by atoms with Crippen molar-refractivity contribution in [1.82, 2.24) is 0 Å². The molecule has 0 fully saturated rings. The summed E-state index contributed by atoms with van der Waals surface area (Å²) < 4.78 is 93.6. The van der Waals surface area contributed by atoms with Crippen LogP contribution in [0.3, 0.4) is 0 Å². The molecule has 4 N–H and O–H groups in total. The molecule has 0 heterocycles. The molecule has 0 saturated heterocycles. The van der Waals surface area contributed by atoms with Gasteiger partial charge in [0.05, 0.1) is 5.56 Å². The summed E-state index contributed by atoms with van der Waals surface area (Å²) in [6.07, 6.45) is -6.20. The second kappa shape index (κ2) is 11.1. The van der Waals surface area contributed by atoms with Gasteiger partial charge in [-0.3, -0.25) is 0 Å². The van der Waals surface area contributed by atoms with Crippen LogP contribution in [0, 0.1) is 5.82 Å². The third-order valence-corrected chi connectivity index (χ3v) is 4.62. The molecule has 6 nitrogen and oxygen atoms in total. The number of halogens is 6. The first-order valence-electron chi connectivity index (χ1n) is 10.5. The highest BCUT2D eigenvalue weighted by molar-refractivity contribution is 5.87. The number of hydrogen-bond donors (Lipinski definition) is 2. The van der Waals surface area contributed by atoms with Crippen LogP contribution < -0.4 is 20.9 Å². The molecule has 0 bridgehead atoms. The van der Waals surface area contributed by atoms with Crippen LogP contribution >= 0.6 is 0 Å². The Morgan fingerprint density at radius 2 is 1.54 bits per heavy atom. The van der Waals surface area contributed by atoms with E-state index in [0.29, 0.717) is 28.6 Å². The van der Waals surface area contributed by atoms with E-state index < -0.39 is 47.7 Å². The summed E-state index contributed by atoms with van der Waals surface area (Å²) in [5.74, 6) is -3.43. The molecule has 0 saturated carbocycles. The van der Waals surface area contributed by atoms with Crippen LogP contribution in [-0.2, 0) is 22.2 Å². The van der Waals surface area contributed by atoms with Gasteiger partial charge >= 0.3 is 18.3 Å². The monoisotopic (exact) mass is 526 g/mol. The van der Waals surface area contributed by atoms with E-state index in [1.54, 1.807) is 18.2 Å². The molecule has 196 valence electrons. The first-order valence-corrected chi connectivity index (χ1v) is 10.5. The molecule has 37 heavy (non-hydrogen) atoms. The normalized spacial score (nSPS) is 11.9. The lowest BCUT2D eigenvalue weighted by atomic mass is 10.1. The minimum Gasteiger partial charge on any atom is -0.484 e. The lowest BCUT2D eigenvalue weighted by Crippen LogP contribution is -2.22. The predicted molar refractivity (Wildman–Crippen MR) is 123 cm³/mol. The number of nitrogen functional groups attached to an aromatic ring is 2. The summed E-state index contributed by atoms with van der Waals surface area (Å²) >= 11 is 0. The second-order valence-corrected chi connectivity index (χ2v) is 7.69. The van der Waals surface area contributed by atoms with E-state index in [1.165, 1.54) is 18.2 Å². The standard InChI is InChI=1S/C25H20F6N2O4/c26-21-12-20(36-14-24(27,28)29)6-7-22(21)37-25(30,31)17-4-1-15(2-5-17)3-8-23(34)35-13-16-9-18(32)11-19(33)10-16/h1-12H,13-14,32-33H2/b8-3+. The van der Waals surface area contributed by atoms with Gasteiger partial charge in [0.2, 0.25) is 0 Å². The molecule has 0 aliphatic rings. The number of esters is 1. The highest BCUT2D eigenvalue weighted by Gasteiger charge is 2.35. The van der Waals surface area contributed by atoms with Crippen molar-refractivity contribution in [3.8, 4) is 11.5 Å². The molecule has 0 unspecified atom stereocenters. The molecule has 0 radical (unpaired) electrons. The van der Waals surface area contributed by atoms with E-state index >= 15 is 0 Å². The first kappa shape index (κ1) is 27.2. The lowest BCUT2D eigenvalue weighted by Gasteiger charge is -2.19. The smallest absolute Gasteiger partial charge is 0.426 e. The molecule has 12 heteroatoms. The SMILES string of the molecule is Nc1cc(N)cc(COC(=O)/C=C/c2ccc(C(F)(F)Oc3ccc(OCC(F)(F)F)cc3F)cc2)c1. The number of carbonyl (C=O) groups excluding carboxylic acids is 1. The number of anilines is 2. The van der Waals surface area contributed by atoms with Crippen molar-refractivity contribution in [2.75, 3.05) is 18.1 Å². The van der Waals surface area contributed by atoms with Crippen molar-refractivity contribution >= 4 is 23.4 Å². The topological polar surface area (TPSA) is 96.8 Å². The zero-order valence-corrected chi connectivity index (χ0v) is 18.9. The average Bonchev–Trinajstić information content (AvgIpc) is 2.81. The zero-order chi connectivity index (χ0) is 27.2. The highest BCUT2D eigenvalue weighted by Crippen LogP contribution is 2.34. The fraction of sp³-hybridized carbons (Fsp3) is 0.160. The van der Waals surface area contributed by atoms with Crippen LogP contribution in [0.1, 0.15) is 16.7 Å². The summed E-state index contributed by atoms with van der Waals surface area (Å²) in [4.78, 5) is 11.9. The van der Waals surface area contributed by atoms with Crippen LogP contribution in [-0.4, -0.2) is 18.8 Å². The fourth-order valence-electron chi connectivity index (χ4n) is 3.00. The summed E-state index contributed by atoms with van der Waals surface area (Å²) in [7, 11) is 0. The van der Waals surface area contributed by atoms with Crippen molar-refractivity contribution in [3.63, 3.8) is 0 Å². The third kappa shape index (κ3) is 8.37. The quantitative estimate of drug-likeness (QED) is 0.158. The van der Waals surface area contributed by atoms with Gasteiger partial charge in [-0.2, -0.15) is 22.0 Å². The number of ether oxygens (including phenoxy) is 3. The zero-order valence-electron chi connectivity index (χ0n) is 18.9. The first-order chi connectivity index (χ1) is 17.3. The molecule has 3 rings (SSSR count). The number of hydrogen-bond acceptors (Lipinski definition) is 6. The molecular formula is C25H20F6N2O4. The van der Waals surface area contributed by atoms with Crippen molar-refractivity contribution in [1.29, 1.82) is 0 Å². The van der Waals surface area contributed by atoms with Gasteiger partial charge in [0.1, 0.15) is 12.4 Å². The Hall–Kier alpha value is -4.35. The maximum absolute atomic E-state index is 14.5. The van der Waals surface area contributed by atoms with Crippen molar-refractivity contribution in [3.05, 3.63) is 89.2 Å². The Bertz CT molecular complexity index is 1260. The van der Waals surface area contributed by atoms with E-state index in [-0.39, 0.29) is 6.61 Å². The van der Waals surface area contributed by atoms with Gasteiger partial charge in [-0.1, -0.05) is 12.1 Å².